The van der Waals surface area contributed by atoms with Crippen LogP contribution in [0.3, 0.4) is 0 Å². The highest BCUT2D eigenvalue weighted by molar-refractivity contribution is 6.10. The number of hydrogen-bond acceptors (Lipinski definition) is 7. The minimum Gasteiger partial charge on any atom is -0.462 e. The number of esters is 1. The van der Waals surface area contributed by atoms with Crippen molar-refractivity contribution in [1.82, 2.24) is 5.32 Å². The Bertz CT molecular complexity index is 1250. The van der Waals surface area contributed by atoms with Gasteiger partial charge < -0.3 is 20.7 Å². The van der Waals surface area contributed by atoms with Crippen molar-refractivity contribution in [3.63, 3.8) is 0 Å². The first-order valence-corrected chi connectivity index (χ1v) is 11.2. The van der Waals surface area contributed by atoms with E-state index in [0.29, 0.717) is 11.3 Å². The Morgan fingerprint density at radius 3 is 2.31 bits per heavy atom. The van der Waals surface area contributed by atoms with E-state index >= 15 is 0 Å². The summed E-state index contributed by atoms with van der Waals surface area (Å²) in [6, 6.07) is 19.1. The van der Waals surface area contributed by atoms with Gasteiger partial charge in [-0.05, 0) is 49.7 Å². The molecular formula is C26H26N4O6. The van der Waals surface area contributed by atoms with Crippen LogP contribution < -0.4 is 16.0 Å². The van der Waals surface area contributed by atoms with E-state index < -0.39 is 22.7 Å². The number of nitrogens with one attached hydrogen (secondary N) is 3. The van der Waals surface area contributed by atoms with Crippen LogP contribution in [0.15, 0.2) is 72.8 Å². The lowest BCUT2D eigenvalue weighted by Crippen LogP contribution is -2.30. The van der Waals surface area contributed by atoms with Crippen molar-refractivity contribution in [3.8, 4) is 0 Å². The minimum atomic E-state index is -0.663. The fourth-order valence-corrected chi connectivity index (χ4v) is 3.34. The Balaban J connectivity index is 1.72. The zero-order chi connectivity index (χ0) is 26.1. The Morgan fingerprint density at radius 2 is 1.67 bits per heavy atom. The van der Waals surface area contributed by atoms with Gasteiger partial charge in [0.15, 0.2) is 0 Å². The summed E-state index contributed by atoms with van der Waals surface area (Å²) in [6.45, 7) is 3.81. The van der Waals surface area contributed by atoms with E-state index in [1.165, 1.54) is 36.4 Å². The third kappa shape index (κ3) is 6.97. The molecule has 0 bridgehead atoms. The molecule has 0 spiro atoms. The summed E-state index contributed by atoms with van der Waals surface area (Å²) in [6.07, 6.45) is 0. The Kier molecular flexibility index (Phi) is 8.84. The number of nitro benzene ring substituents is 1. The van der Waals surface area contributed by atoms with Gasteiger partial charge in [0.2, 0.25) is 5.91 Å². The summed E-state index contributed by atoms with van der Waals surface area (Å²) in [7, 11) is 0. The standard InChI is InChI=1S/C26H26N4O6/c1-3-36-26(33)19-9-11-20(12-10-19)28-25(32)22-15-21(30(34)35)13-14-23(22)29-24(31)16-27-17(2)18-7-5-4-6-8-18/h4-15,17,27H,3,16H2,1-2H3,(H,28,32)(H,29,31). The van der Waals surface area contributed by atoms with Crippen molar-refractivity contribution in [2.75, 3.05) is 23.8 Å². The average molecular weight is 491 g/mol. The molecular weight excluding hydrogens is 464 g/mol. The van der Waals surface area contributed by atoms with Gasteiger partial charge in [-0.15, -0.1) is 0 Å². The highest BCUT2D eigenvalue weighted by Gasteiger charge is 2.19. The van der Waals surface area contributed by atoms with Crippen LogP contribution in [-0.4, -0.2) is 35.9 Å². The number of ether oxygens (including phenoxy) is 1. The van der Waals surface area contributed by atoms with Gasteiger partial charge in [0.25, 0.3) is 11.6 Å². The number of non-ortho nitro benzene ring substituents is 1. The predicted molar refractivity (Wildman–Crippen MR) is 135 cm³/mol. The van der Waals surface area contributed by atoms with Crippen LogP contribution in [-0.2, 0) is 9.53 Å². The van der Waals surface area contributed by atoms with Crippen molar-refractivity contribution < 1.29 is 24.0 Å². The summed E-state index contributed by atoms with van der Waals surface area (Å²) in [5, 5.41) is 19.6. The highest BCUT2D eigenvalue weighted by Crippen LogP contribution is 2.24. The fourth-order valence-electron chi connectivity index (χ4n) is 3.34. The van der Waals surface area contributed by atoms with E-state index in [4.69, 9.17) is 4.74 Å². The van der Waals surface area contributed by atoms with Gasteiger partial charge in [-0.2, -0.15) is 0 Å². The van der Waals surface area contributed by atoms with Gasteiger partial charge in [0, 0.05) is 23.9 Å². The normalized spacial score (nSPS) is 11.3. The van der Waals surface area contributed by atoms with Crippen LogP contribution in [0.4, 0.5) is 17.1 Å². The maximum atomic E-state index is 13.0. The van der Waals surface area contributed by atoms with E-state index in [-0.39, 0.29) is 36.1 Å². The van der Waals surface area contributed by atoms with Crippen LogP contribution in [0.1, 0.15) is 46.2 Å². The number of benzene rings is 3. The van der Waals surface area contributed by atoms with Crippen LogP contribution >= 0.6 is 0 Å². The lowest BCUT2D eigenvalue weighted by Gasteiger charge is -2.15. The molecule has 0 heterocycles. The second kappa shape index (κ2) is 12.2. The zero-order valence-electron chi connectivity index (χ0n) is 19.8. The van der Waals surface area contributed by atoms with E-state index in [1.807, 2.05) is 37.3 Å². The molecule has 0 aliphatic rings. The van der Waals surface area contributed by atoms with Crippen LogP contribution in [0, 0.1) is 10.1 Å². The maximum Gasteiger partial charge on any atom is 0.338 e. The molecule has 0 aromatic heterocycles. The first-order chi connectivity index (χ1) is 17.3. The highest BCUT2D eigenvalue weighted by atomic mass is 16.6. The second-order valence-corrected chi connectivity index (χ2v) is 7.80. The van der Waals surface area contributed by atoms with E-state index in [2.05, 4.69) is 16.0 Å². The number of amides is 2. The molecule has 186 valence electrons. The maximum absolute atomic E-state index is 13.0. The van der Waals surface area contributed by atoms with Gasteiger partial charge in [-0.3, -0.25) is 19.7 Å². The molecule has 0 saturated carbocycles. The van der Waals surface area contributed by atoms with Crippen molar-refractivity contribution in [2.45, 2.75) is 19.9 Å². The number of nitrogens with zero attached hydrogens (tertiary/aromatic N) is 1. The van der Waals surface area contributed by atoms with Crippen molar-refractivity contribution in [1.29, 1.82) is 0 Å². The topological polar surface area (TPSA) is 140 Å². The Hall–Kier alpha value is -4.57. The Labute approximate surface area is 207 Å². The smallest absolute Gasteiger partial charge is 0.338 e. The first kappa shape index (κ1) is 26.0. The monoisotopic (exact) mass is 490 g/mol. The average Bonchev–Trinajstić information content (AvgIpc) is 2.88. The lowest BCUT2D eigenvalue weighted by atomic mass is 10.1. The third-order valence-electron chi connectivity index (χ3n) is 5.25. The summed E-state index contributed by atoms with van der Waals surface area (Å²) < 4.78 is 4.93. The molecule has 1 atom stereocenters. The van der Waals surface area contributed by atoms with Gasteiger partial charge >= 0.3 is 5.97 Å². The van der Waals surface area contributed by atoms with Gasteiger partial charge in [0.1, 0.15) is 0 Å². The van der Waals surface area contributed by atoms with Crippen LogP contribution in [0.25, 0.3) is 0 Å². The summed E-state index contributed by atoms with van der Waals surface area (Å²) in [5.41, 5.74) is 1.43. The Morgan fingerprint density at radius 1 is 0.972 bits per heavy atom. The number of anilines is 2. The quantitative estimate of drug-likeness (QED) is 0.218. The largest absolute Gasteiger partial charge is 0.462 e. The van der Waals surface area contributed by atoms with E-state index in [1.54, 1.807) is 6.92 Å². The van der Waals surface area contributed by atoms with Gasteiger partial charge in [0.05, 0.1) is 34.9 Å². The minimum absolute atomic E-state index is 0.0383. The predicted octanol–water partition coefficient (Wildman–Crippen LogP) is 4.31. The molecule has 3 aromatic carbocycles. The van der Waals surface area contributed by atoms with Gasteiger partial charge in [-0.25, -0.2) is 4.79 Å². The third-order valence-corrected chi connectivity index (χ3v) is 5.25. The fraction of sp³-hybridized carbons (Fsp3) is 0.192. The first-order valence-electron chi connectivity index (χ1n) is 11.2. The molecule has 0 radical (unpaired) electrons. The summed E-state index contributed by atoms with van der Waals surface area (Å²) in [5.74, 6) is -1.57. The number of rotatable bonds is 10. The van der Waals surface area contributed by atoms with Crippen molar-refractivity contribution in [2.24, 2.45) is 0 Å². The number of hydrogen-bond donors (Lipinski definition) is 3. The molecule has 10 nitrogen and oxygen atoms in total. The van der Waals surface area contributed by atoms with Crippen molar-refractivity contribution in [3.05, 3.63) is 99.6 Å². The number of carbonyl (C=O) groups excluding carboxylic acids is 3. The molecule has 36 heavy (non-hydrogen) atoms. The van der Waals surface area contributed by atoms with Crippen LogP contribution in [0.5, 0.6) is 0 Å². The second-order valence-electron chi connectivity index (χ2n) is 7.80. The molecule has 0 aliphatic heterocycles. The van der Waals surface area contributed by atoms with Crippen LogP contribution in [0.2, 0.25) is 0 Å². The molecule has 1 unspecified atom stereocenters. The number of nitro groups is 1. The molecule has 0 aliphatic carbocycles. The molecule has 2 amide bonds. The molecule has 3 aromatic rings. The van der Waals surface area contributed by atoms with Gasteiger partial charge in [-0.1, -0.05) is 30.3 Å². The molecule has 0 saturated heterocycles. The van der Waals surface area contributed by atoms with E-state index in [9.17, 15) is 24.5 Å². The van der Waals surface area contributed by atoms with E-state index in [0.717, 1.165) is 11.6 Å². The number of carbonyl (C=O) groups is 3. The molecule has 3 rings (SSSR count). The summed E-state index contributed by atoms with van der Waals surface area (Å²) >= 11 is 0. The molecule has 3 N–H and O–H groups in total. The van der Waals surface area contributed by atoms with Crippen molar-refractivity contribution >= 4 is 34.8 Å². The molecule has 0 fully saturated rings. The molecule has 10 heteroatoms. The zero-order valence-corrected chi connectivity index (χ0v) is 19.8. The SMILES string of the molecule is CCOC(=O)c1ccc(NC(=O)c2cc([N+](=O)[O-])ccc2NC(=O)CNC(C)c2ccccc2)cc1. The lowest BCUT2D eigenvalue weighted by molar-refractivity contribution is -0.384. The summed E-state index contributed by atoms with van der Waals surface area (Å²) in [4.78, 5) is 48.0.